The zero-order valence-corrected chi connectivity index (χ0v) is 11.8. The molecule has 2 aromatic rings. The van der Waals surface area contributed by atoms with Gasteiger partial charge in [-0.1, -0.05) is 35.9 Å². The van der Waals surface area contributed by atoms with Crippen molar-refractivity contribution in [2.24, 2.45) is 0 Å². The number of amides is 1. The molecule has 1 N–H and O–H groups in total. The molecule has 2 nitrogen and oxygen atoms in total. The molecule has 0 aromatic heterocycles. The van der Waals surface area contributed by atoms with Gasteiger partial charge in [0.05, 0.1) is 12.5 Å². The predicted octanol–water partition coefficient (Wildman–Crippen LogP) is 3.90. The molecule has 0 heterocycles. The van der Waals surface area contributed by atoms with E-state index in [0.717, 1.165) is 11.1 Å². The molecule has 1 atom stereocenters. The van der Waals surface area contributed by atoms with Gasteiger partial charge in [-0.3, -0.25) is 4.79 Å². The third-order valence-electron chi connectivity index (χ3n) is 3.03. The van der Waals surface area contributed by atoms with Crippen molar-refractivity contribution in [3.8, 4) is 0 Å². The molecule has 0 radical (unpaired) electrons. The lowest BCUT2D eigenvalue weighted by molar-refractivity contribution is -0.121. The smallest absolute Gasteiger partial charge is 0.224 e. The van der Waals surface area contributed by atoms with E-state index in [2.05, 4.69) is 5.32 Å². The first-order valence-electron chi connectivity index (χ1n) is 6.34. The SMILES string of the molecule is C[C@@H](NC(=O)Cc1ccc(Cl)cc1)c1ccc(F)cc1. The van der Waals surface area contributed by atoms with Gasteiger partial charge in [-0.05, 0) is 42.3 Å². The average molecular weight is 292 g/mol. The standard InChI is InChI=1S/C16H15ClFNO/c1-11(13-4-8-15(18)9-5-13)19-16(20)10-12-2-6-14(17)7-3-12/h2-9,11H,10H2,1H3,(H,19,20)/t11-/m1/s1. The molecule has 0 aliphatic rings. The summed E-state index contributed by atoms with van der Waals surface area (Å²) in [5.41, 5.74) is 1.77. The van der Waals surface area contributed by atoms with E-state index in [9.17, 15) is 9.18 Å². The number of benzene rings is 2. The molecule has 0 aliphatic heterocycles. The topological polar surface area (TPSA) is 29.1 Å². The molecule has 0 saturated heterocycles. The molecule has 2 rings (SSSR count). The van der Waals surface area contributed by atoms with Gasteiger partial charge in [-0.15, -0.1) is 0 Å². The van der Waals surface area contributed by atoms with E-state index in [4.69, 9.17) is 11.6 Å². The maximum Gasteiger partial charge on any atom is 0.224 e. The van der Waals surface area contributed by atoms with Crippen molar-refractivity contribution < 1.29 is 9.18 Å². The minimum atomic E-state index is -0.284. The second-order valence-electron chi connectivity index (χ2n) is 4.64. The third kappa shape index (κ3) is 4.07. The van der Waals surface area contributed by atoms with Crippen LogP contribution in [-0.2, 0) is 11.2 Å². The molecule has 4 heteroatoms. The second-order valence-corrected chi connectivity index (χ2v) is 5.08. The first-order chi connectivity index (χ1) is 9.54. The highest BCUT2D eigenvalue weighted by Gasteiger charge is 2.10. The van der Waals surface area contributed by atoms with Crippen LogP contribution >= 0.6 is 11.6 Å². The van der Waals surface area contributed by atoms with E-state index in [0.29, 0.717) is 11.4 Å². The quantitative estimate of drug-likeness (QED) is 0.909. The number of rotatable bonds is 4. The summed E-state index contributed by atoms with van der Waals surface area (Å²) < 4.78 is 12.8. The number of carbonyl (C=O) groups is 1. The molecule has 2 aromatic carbocycles. The van der Waals surface area contributed by atoms with Gasteiger partial charge < -0.3 is 5.32 Å². The molecule has 0 fully saturated rings. The van der Waals surface area contributed by atoms with E-state index < -0.39 is 0 Å². The maximum atomic E-state index is 12.8. The predicted molar refractivity (Wildman–Crippen MR) is 78.1 cm³/mol. The lowest BCUT2D eigenvalue weighted by Gasteiger charge is -2.14. The summed E-state index contributed by atoms with van der Waals surface area (Å²) in [6.07, 6.45) is 0.294. The molecule has 104 valence electrons. The van der Waals surface area contributed by atoms with Crippen LogP contribution in [-0.4, -0.2) is 5.91 Å². The number of nitrogens with one attached hydrogen (secondary N) is 1. The van der Waals surface area contributed by atoms with Crippen molar-refractivity contribution in [2.45, 2.75) is 19.4 Å². The van der Waals surface area contributed by atoms with Gasteiger partial charge in [0.2, 0.25) is 5.91 Å². The molecule has 0 spiro atoms. The summed E-state index contributed by atoms with van der Waals surface area (Å²) in [5.74, 6) is -0.363. The Bertz CT molecular complexity index is 580. The van der Waals surface area contributed by atoms with E-state index in [-0.39, 0.29) is 17.8 Å². The lowest BCUT2D eigenvalue weighted by atomic mass is 10.1. The summed E-state index contributed by atoms with van der Waals surface area (Å²) in [6.45, 7) is 1.87. The van der Waals surface area contributed by atoms with Gasteiger partial charge in [0.1, 0.15) is 5.82 Å². The van der Waals surface area contributed by atoms with Crippen LogP contribution in [0.5, 0.6) is 0 Å². The monoisotopic (exact) mass is 291 g/mol. The molecule has 0 bridgehead atoms. The van der Waals surface area contributed by atoms with E-state index in [1.54, 1.807) is 24.3 Å². The fraction of sp³-hybridized carbons (Fsp3) is 0.188. The molecular weight excluding hydrogens is 277 g/mol. The summed E-state index contributed by atoms with van der Waals surface area (Å²) in [7, 11) is 0. The van der Waals surface area contributed by atoms with E-state index >= 15 is 0 Å². The number of hydrogen-bond acceptors (Lipinski definition) is 1. The van der Waals surface area contributed by atoms with Crippen LogP contribution in [0.15, 0.2) is 48.5 Å². The molecule has 0 saturated carbocycles. The molecule has 0 aliphatic carbocycles. The van der Waals surface area contributed by atoms with Gasteiger partial charge in [-0.2, -0.15) is 0 Å². The van der Waals surface area contributed by atoms with E-state index in [1.807, 2.05) is 19.1 Å². The third-order valence-corrected chi connectivity index (χ3v) is 3.28. The Morgan fingerprint density at radius 2 is 1.75 bits per heavy atom. The second kappa shape index (κ2) is 6.53. The fourth-order valence-corrected chi connectivity index (χ4v) is 2.04. The van der Waals surface area contributed by atoms with Crippen LogP contribution in [0.2, 0.25) is 5.02 Å². The number of halogens is 2. The summed E-state index contributed by atoms with van der Waals surface area (Å²) in [4.78, 5) is 11.9. The first kappa shape index (κ1) is 14.5. The molecule has 0 unspecified atom stereocenters. The largest absolute Gasteiger partial charge is 0.349 e. The minimum absolute atomic E-state index is 0.0795. The van der Waals surface area contributed by atoms with Crippen molar-refractivity contribution in [1.82, 2.24) is 5.32 Å². The zero-order chi connectivity index (χ0) is 14.5. The Balaban J connectivity index is 1.93. The van der Waals surface area contributed by atoms with Crippen LogP contribution < -0.4 is 5.32 Å². The Morgan fingerprint density at radius 3 is 2.35 bits per heavy atom. The highest BCUT2D eigenvalue weighted by Crippen LogP contribution is 2.14. The van der Waals surface area contributed by atoms with Gasteiger partial charge in [0.15, 0.2) is 0 Å². The Kier molecular flexibility index (Phi) is 4.74. The summed E-state index contributed by atoms with van der Waals surface area (Å²) >= 11 is 5.79. The van der Waals surface area contributed by atoms with Crippen LogP contribution in [0.1, 0.15) is 24.1 Å². The van der Waals surface area contributed by atoms with Crippen LogP contribution in [0.4, 0.5) is 4.39 Å². The minimum Gasteiger partial charge on any atom is -0.349 e. The van der Waals surface area contributed by atoms with Gasteiger partial charge in [-0.25, -0.2) is 4.39 Å². The fourth-order valence-electron chi connectivity index (χ4n) is 1.91. The summed E-state index contributed by atoms with van der Waals surface area (Å²) in [5, 5.41) is 3.53. The Labute approximate surface area is 122 Å². The Hall–Kier alpha value is -1.87. The normalized spacial score (nSPS) is 11.9. The van der Waals surface area contributed by atoms with Gasteiger partial charge in [0.25, 0.3) is 0 Å². The Morgan fingerprint density at radius 1 is 1.15 bits per heavy atom. The van der Waals surface area contributed by atoms with Crippen LogP contribution in [0.25, 0.3) is 0 Å². The average Bonchev–Trinajstić information content (AvgIpc) is 2.42. The zero-order valence-electron chi connectivity index (χ0n) is 11.1. The van der Waals surface area contributed by atoms with Crippen LogP contribution in [0.3, 0.4) is 0 Å². The summed E-state index contributed by atoms with van der Waals surface area (Å²) in [6, 6.07) is 13.1. The van der Waals surface area contributed by atoms with E-state index in [1.165, 1.54) is 12.1 Å². The van der Waals surface area contributed by atoms with Crippen molar-refractivity contribution in [3.05, 3.63) is 70.5 Å². The first-order valence-corrected chi connectivity index (χ1v) is 6.71. The molecule has 1 amide bonds. The van der Waals surface area contributed by atoms with Gasteiger partial charge in [0, 0.05) is 5.02 Å². The number of carbonyl (C=O) groups excluding carboxylic acids is 1. The van der Waals surface area contributed by atoms with Gasteiger partial charge >= 0.3 is 0 Å². The van der Waals surface area contributed by atoms with Crippen molar-refractivity contribution >= 4 is 17.5 Å². The highest BCUT2D eigenvalue weighted by molar-refractivity contribution is 6.30. The van der Waals surface area contributed by atoms with Crippen LogP contribution in [0, 0.1) is 5.82 Å². The molecule has 20 heavy (non-hydrogen) atoms. The molecular formula is C16H15ClFNO. The lowest BCUT2D eigenvalue weighted by Crippen LogP contribution is -2.28. The van der Waals surface area contributed by atoms with Crippen molar-refractivity contribution in [2.75, 3.05) is 0 Å². The number of hydrogen-bond donors (Lipinski definition) is 1. The van der Waals surface area contributed by atoms with Crippen molar-refractivity contribution in [3.63, 3.8) is 0 Å². The maximum absolute atomic E-state index is 12.8. The highest BCUT2D eigenvalue weighted by atomic mass is 35.5. The van der Waals surface area contributed by atoms with Crippen molar-refractivity contribution in [1.29, 1.82) is 0 Å².